The normalized spacial score (nSPS) is 16.2. The second kappa shape index (κ2) is 7.00. The van der Waals surface area contributed by atoms with Gasteiger partial charge in [-0.2, -0.15) is 0 Å². The second-order valence-electron chi connectivity index (χ2n) is 6.70. The van der Waals surface area contributed by atoms with E-state index in [1.165, 1.54) is 0 Å². The molecule has 26 heavy (non-hydrogen) atoms. The maximum absolute atomic E-state index is 13.3. The summed E-state index contributed by atoms with van der Waals surface area (Å²) in [5.41, 5.74) is 0.563. The summed E-state index contributed by atoms with van der Waals surface area (Å²) in [5, 5.41) is 3.24. The fraction of sp³-hybridized carbons (Fsp3) is 0.300. The Hall–Kier alpha value is -2.53. The summed E-state index contributed by atoms with van der Waals surface area (Å²) in [7, 11) is 1.57. The SMILES string of the molecule is CNC(=O)C1Cc2ccccc2N1C(=O)C(C)(C)Oc1ccc(Cl)cc1. The lowest BCUT2D eigenvalue weighted by molar-refractivity contribution is -0.134. The van der Waals surface area contributed by atoms with Gasteiger partial charge in [-0.15, -0.1) is 0 Å². The van der Waals surface area contributed by atoms with Crippen LogP contribution in [0.25, 0.3) is 0 Å². The first-order chi connectivity index (χ1) is 12.3. The molecule has 2 aromatic rings. The van der Waals surface area contributed by atoms with Crippen molar-refractivity contribution in [2.45, 2.75) is 31.9 Å². The number of hydrogen-bond acceptors (Lipinski definition) is 3. The molecule has 0 spiro atoms. The van der Waals surface area contributed by atoms with Gasteiger partial charge in [0.05, 0.1) is 0 Å². The summed E-state index contributed by atoms with van der Waals surface area (Å²) in [6, 6.07) is 13.8. The van der Waals surface area contributed by atoms with Gasteiger partial charge in [-0.3, -0.25) is 14.5 Å². The number of ether oxygens (including phenoxy) is 1. The van der Waals surface area contributed by atoms with E-state index >= 15 is 0 Å². The molecule has 0 aromatic heterocycles. The lowest BCUT2D eigenvalue weighted by atomic mass is 10.1. The summed E-state index contributed by atoms with van der Waals surface area (Å²) < 4.78 is 5.93. The van der Waals surface area contributed by atoms with Gasteiger partial charge < -0.3 is 10.1 Å². The topological polar surface area (TPSA) is 58.6 Å². The molecule has 1 atom stereocenters. The van der Waals surface area contributed by atoms with Crippen LogP contribution < -0.4 is 15.0 Å². The number of fused-ring (bicyclic) bond motifs is 1. The van der Waals surface area contributed by atoms with E-state index in [9.17, 15) is 9.59 Å². The zero-order valence-electron chi connectivity index (χ0n) is 15.0. The van der Waals surface area contributed by atoms with E-state index < -0.39 is 11.6 Å². The minimum absolute atomic E-state index is 0.197. The summed E-state index contributed by atoms with van der Waals surface area (Å²) in [6.45, 7) is 3.40. The Morgan fingerprint density at radius 2 is 1.81 bits per heavy atom. The van der Waals surface area contributed by atoms with Gasteiger partial charge in [0.1, 0.15) is 11.8 Å². The van der Waals surface area contributed by atoms with E-state index in [1.54, 1.807) is 50.1 Å². The number of rotatable bonds is 4. The van der Waals surface area contributed by atoms with E-state index in [4.69, 9.17) is 16.3 Å². The Labute approximate surface area is 157 Å². The highest BCUT2D eigenvalue weighted by Crippen LogP contribution is 2.35. The van der Waals surface area contributed by atoms with E-state index in [0.717, 1.165) is 11.3 Å². The largest absolute Gasteiger partial charge is 0.478 e. The Morgan fingerprint density at radius 1 is 1.15 bits per heavy atom. The number of hydrogen-bond donors (Lipinski definition) is 1. The lowest BCUT2D eigenvalue weighted by Crippen LogP contribution is -2.55. The molecule has 0 bridgehead atoms. The molecule has 1 heterocycles. The van der Waals surface area contributed by atoms with Crippen molar-refractivity contribution in [3.05, 3.63) is 59.1 Å². The third kappa shape index (κ3) is 3.40. The molecule has 1 N–H and O–H groups in total. The molecule has 2 aromatic carbocycles. The quantitative estimate of drug-likeness (QED) is 0.896. The number of nitrogens with one attached hydrogen (secondary N) is 1. The molecule has 1 unspecified atom stereocenters. The molecule has 0 aliphatic carbocycles. The van der Waals surface area contributed by atoms with Gasteiger partial charge in [-0.25, -0.2) is 0 Å². The number of likely N-dealkylation sites (N-methyl/N-ethyl adjacent to an activating group) is 1. The van der Waals surface area contributed by atoms with E-state index in [-0.39, 0.29) is 11.8 Å². The van der Waals surface area contributed by atoms with Gasteiger partial charge in [0.15, 0.2) is 5.60 Å². The standard InChI is InChI=1S/C20H21ClN2O3/c1-20(2,26-15-10-8-14(21)9-11-15)19(25)23-16-7-5-4-6-13(16)12-17(23)18(24)22-3/h4-11,17H,12H2,1-3H3,(H,22,24). The molecule has 2 amide bonds. The van der Waals surface area contributed by atoms with E-state index in [1.807, 2.05) is 24.3 Å². The van der Waals surface area contributed by atoms with Crippen LogP contribution in [0.2, 0.25) is 5.02 Å². The summed E-state index contributed by atoms with van der Waals surface area (Å²) in [5.74, 6) is 0.0690. The van der Waals surface area contributed by atoms with Crippen molar-refractivity contribution < 1.29 is 14.3 Å². The number of anilines is 1. The Bertz CT molecular complexity index is 833. The van der Waals surface area contributed by atoms with Gasteiger partial charge >= 0.3 is 0 Å². The summed E-state index contributed by atoms with van der Waals surface area (Å²) >= 11 is 5.90. The zero-order valence-corrected chi connectivity index (χ0v) is 15.7. The highest BCUT2D eigenvalue weighted by atomic mass is 35.5. The van der Waals surface area contributed by atoms with E-state index in [2.05, 4.69) is 5.32 Å². The Morgan fingerprint density at radius 3 is 2.46 bits per heavy atom. The van der Waals surface area contributed by atoms with Crippen LogP contribution in [0, 0.1) is 0 Å². The van der Waals surface area contributed by atoms with Gasteiger partial charge in [0.2, 0.25) is 5.91 Å². The van der Waals surface area contributed by atoms with Crippen LogP contribution in [-0.4, -0.2) is 30.5 Å². The van der Waals surface area contributed by atoms with Crippen molar-refractivity contribution >= 4 is 29.1 Å². The number of amides is 2. The maximum atomic E-state index is 13.3. The maximum Gasteiger partial charge on any atom is 0.271 e. The Balaban J connectivity index is 1.92. The number of halogens is 1. The predicted octanol–water partition coefficient (Wildman–Crippen LogP) is 3.20. The van der Waals surface area contributed by atoms with Crippen molar-refractivity contribution in [3.63, 3.8) is 0 Å². The first-order valence-corrected chi connectivity index (χ1v) is 8.79. The van der Waals surface area contributed by atoms with Crippen LogP contribution in [0.15, 0.2) is 48.5 Å². The molecular weight excluding hydrogens is 352 g/mol. The average molecular weight is 373 g/mol. The van der Waals surface area contributed by atoms with Crippen molar-refractivity contribution in [3.8, 4) is 5.75 Å². The van der Waals surface area contributed by atoms with Crippen LogP contribution in [0.3, 0.4) is 0 Å². The molecule has 0 fully saturated rings. The molecular formula is C20H21ClN2O3. The Kier molecular flexibility index (Phi) is 4.92. The van der Waals surface area contributed by atoms with Crippen LogP contribution >= 0.6 is 11.6 Å². The van der Waals surface area contributed by atoms with Crippen molar-refractivity contribution in [1.82, 2.24) is 5.32 Å². The predicted molar refractivity (Wildman–Crippen MR) is 102 cm³/mol. The molecule has 3 rings (SSSR count). The van der Waals surface area contributed by atoms with Gasteiger partial charge in [-0.05, 0) is 49.7 Å². The van der Waals surface area contributed by atoms with Gasteiger partial charge in [-0.1, -0.05) is 29.8 Å². The fourth-order valence-electron chi connectivity index (χ4n) is 3.14. The van der Waals surface area contributed by atoms with Crippen LogP contribution in [0.5, 0.6) is 5.75 Å². The van der Waals surface area contributed by atoms with Crippen molar-refractivity contribution in [2.75, 3.05) is 11.9 Å². The highest BCUT2D eigenvalue weighted by molar-refractivity contribution is 6.30. The molecule has 1 aliphatic heterocycles. The first kappa shape index (κ1) is 18.3. The monoisotopic (exact) mass is 372 g/mol. The number of benzene rings is 2. The molecule has 136 valence electrons. The minimum Gasteiger partial charge on any atom is -0.478 e. The molecule has 0 saturated carbocycles. The smallest absolute Gasteiger partial charge is 0.271 e. The van der Waals surface area contributed by atoms with Gasteiger partial charge in [0.25, 0.3) is 5.91 Å². The fourth-order valence-corrected chi connectivity index (χ4v) is 3.27. The van der Waals surface area contributed by atoms with Crippen LogP contribution in [-0.2, 0) is 16.0 Å². The van der Waals surface area contributed by atoms with Crippen molar-refractivity contribution in [1.29, 1.82) is 0 Å². The molecule has 1 aliphatic rings. The number of para-hydroxylation sites is 1. The average Bonchev–Trinajstić information content (AvgIpc) is 3.01. The molecule has 0 saturated heterocycles. The number of nitrogens with zero attached hydrogens (tertiary/aromatic N) is 1. The van der Waals surface area contributed by atoms with Gasteiger partial charge in [0, 0.05) is 24.2 Å². The first-order valence-electron chi connectivity index (χ1n) is 8.41. The highest BCUT2D eigenvalue weighted by Gasteiger charge is 2.44. The third-order valence-corrected chi connectivity index (χ3v) is 4.70. The number of carbonyl (C=O) groups excluding carboxylic acids is 2. The lowest BCUT2D eigenvalue weighted by Gasteiger charge is -2.33. The molecule has 6 heteroatoms. The summed E-state index contributed by atoms with van der Waals surface area (Å²) in [4.78, 5) is 27.2. The zero-order chi connectivity index (χ0) is 18.9. The minimum atomic E-state index is -1.16. The second-order valence-corrected chi connectivity index (χ2v) is 7.14. The number of carbonyl (C=O) groups is 2. The molecule has 0 radical (unpaired) electrons. The van der Waals surface area contributed by atoms with Crippen molar-refractivity contribution in [2.24, 2.45) is 0 Å². The third-order valence-electron chi connectivity index (χ3n) is 4.45. The molecule has 5 nitrogen and oxygen atoms in total. The van der Waals surface area contributed by atoms with Crippen LogP contribution in [0.4, 0.5) is 5.69 Å². The summed E-state index contributed by atoms with van der Waals surface area (Å²) in [6.07, 6.45) is 0.485. The van der Waals surface area contributed by atoms with Crippen LogP contribution in [0.1, 0.15) is 19.4 Å². The van der Waals surface area contributed by atoms with E-state index in [0.29, 0.717) is 17.2 Å².